The van der Waals surface area contributed by atoms with E-state index in [1.807, 2.05) is 18.5 Å². The van der Waals surface area contributed by atoms with Crippen molar-refractivity contribution < 1.29 is 4.74 Å². The molecule has 0 atom stereocenters. The van der Waals surface area contributed by atoms with Gasteiger partial charge in [0.1, 0.15) is 0 Å². The molecule has 0 aromatic carbocycles. The molecule has 2 fully saturated rings. The molecule has 4 heterocycles. The van der Waals surface area contributed by atoms with Gasteiger partial charge in [0.25, 0.3) is 0 Å². The summed E-state index contributed by atoms with van der Waals surface area (Å²) in [7, 11) is 0. The van der Waals surface area contributed by atoms with Gasteiger partial charge in [-0.1, -0.05) is 0 Å². The van der Waals surface area contributed by atoms with Crippen molar-refractivity contribution in [2.45, 2.75) is 19.4 Å². The van der Waals surface area contributed by atoms with E-state index < -0.39 is 0 Å². The predicted molar refractivity (Wildman–Crippen MR) is 98.5 cm³/mol. The van der Waals surface area contributed by atoms with Crippen molar-refractivity contribution in [1.29, 1.82) is 0 Å². The number of pyridine rings is 1. The summed E-state index contributed by atoms with van der Waals surface area (Å²) in [6.07, 6.45) is 6.25. The third kappa shape index (κ3) is 3.63. The van der Waals surface area contributed by atoms with Crippen molar-refractivity contribution >= 4 is 17.0 Å². The SMILES string of the molecule is c1cncc(N2CCOCC3(CCN(Cc4ccsc4)CC3)C2)c1. The number of aromatic nitrogens is 1. The molecule has 5 heteroatoms. The quantitative estimate of drug-likeness (QED) is 0.855. The third-order valence-electron chi connectivity index (χ3n) is 5.35. The van der Waals surface area contributed by atoms with Crippen LogP contribution in [0.25, 0.3) is 0 Å². The first kappa shape index (κ1) is 16.1. The van der Waals surface area contributed by atoms with Crippen molar-refractivity contribution in [3.8, 4) is 0 Å². The van der Waals surface area contributed by atoms with Gasteiger partial charge < -0.3 is 9.64 Å². The zero-order valence-electron chi connectivity index (χ0n) is 14.1. The van der Waals surface area contributed by atoms with Crippen LogP contribution in [0.2, 0.25) is 0 Å². The van der Waals surface area contributed by atoms with E-state index in [0.29, 0.717) is 0 Å². The van der Waals surface area contributed by atoms with E-state index in [-0.39, 0.29) is 5.41 Å². The summed E-state index contributed by atoms with van der Waals surface area (Å²) in [6, 6.07) is 6.43. The highest BCUT2D eigenvalue weighted by Gasteiger charge is 2.38. The van der Waals surface area contributed by atoms with Gasteiger partial charge in [-0.25, -0.2) is 0 Å². The van der Waals surface area contributed by atoms with E-state index in [1.165, 1.54) is 37.2 Å². The minimum absolute atomic E-state index is 0.289. The summed E-state index contributed by atoms with van der Waals surface area (Å²) < 4.78 is 6.00. The van der Waals surface area contributed by atoms with Gasteiger partial charge >= 0.3 is 0 Å². The summed E-state index contributed by atoms with van der Waals surface area (Å²) in [4.78, 5) is 9.34. The second-order valence-electron chi connectivity index (χ2n) is 7.09. The zero-order chi connectivity index (χ0) is 16.2. The fraction of sp³-hybridized carbons (Fsp3) is 0.526. The lowest BCUT2D eigenvalue weighted by molar-refractivity contribution is 0.0201. The summed E-state index contributed by atoms with van der Waals surface area (Å²) in [5, 5.41) is 4.44. The molecule has 2 aromatic heterocycles. The van der Waals surface area contributed by atoms with E-state index in [2.05, 4.69) is 37.7 Å². The maximum Gasteiger partial charge on any atom is 0.0641 e. The number of likely N-dealkylation sites (tertiary alicyclic amines) is 1. The summed E-state index contributed by atoms with van der Waals surface area (Å²) in [5.41, 5.74) is 2.96. The van der Waals surface area contributed by atoms with E-state index in [1.54, 1.807) is 11.3 Å². The van der Waals surface area contributed by atoms with Gasteiger partial charge in [0.2, 0.25) is 0 Å². The van der Waals surface area contributed by atoms with E-state index >= 15 is 0 Å². The molecule has 0 radical (unpaired) electrons. The van der Waals surface area contributed by atoms with Gasteiger partial charge in [0, 0.05) is 31.2 Å². The van der Waals surface area contributed by atoms with Crippen LogP contribution in [-0.4, -0.2) is 49.3 Å². The monoisotopic (exact) mass is 343 g/mol. The maximum atomic E-state index is 6.00. The lowest BCUT2D eigenvalue weighted by Gasteiger charge is -2.43. The smallest absolute Gasteiger partial charge is 0.0641 e. The maximum absolute atomic E-state index is 6.00. The Morgan fingerprint density at radius 2 is 2.12 bits per heavy atom. The molecular formula is C19H25N3OS. The molecule has 2 saturated heterocycles. The average molecular weight is 343 g/mol. The number of hydrogen-bond acceptors (Lipinski definition) is 5. The van der Waals surface area contributed by atoms with Crippen LogP contribution < -0.4 is 4.90 Å². The molecule has 2 aliphatic rings. The van der Waals surface area contributed by atoms with Crippen LogP contribution in [0.4, 0.5) is 5.69 Å². The molecule has 1 spiro atoms. The van der Waals surface area contributed by atoms with Crippen molar-refractivity contribution in [3.05, 3.63) is 46.9 Å². The molecule has 0 unspecified atom stereocenters. The molecule has 4 nitrogen and oxygen atoms in total. The van der Waals surface area contributed by atoms with Crippen molar-refractivity contribution in [1.82, 2.24) is 9.88 Å². The molecular weight excluding hydrogens is 318 g/mol. The summed E-state index contributed by atoms with van der Waals surface area (Å²) >= 11 is 1.79. The highest BCUT2D eigenvalue weighted by Crippen LogP contribution is 2.36. The molecule has 4 rings (SSSR count). The predicted octanol–water partition coefficient (Wildman–Crippen LogP) is 3.26. The van der Waals surface area contributed by atoms with Crippen molar-refractivity contribution in [2.75, 3.05) is 44.3 Å². The second kappa shape index (κ2) is 7.21. The summed E-state index contributed by atoms with van der Waals surface area (Å²) in [5.74, 6) is 0. The largest absolute Gasteiger partial charge is 0.379 e. The number of rotatable bonds is 3. The number of ether oxygens (including phenoxy) is 1. The molecule has 2 aliphatic heterocycles. The number of nitrogens with zero attached hydrogens (tertiary/aromatic N) is 3. The fourth-order valence-electron chi connectivity index (χ4n) is 3.88. The Bertz CT molecular complexity index is 623. The van der Waals surface area contributed by atoms with E-state index in [4.69, 9.17) is 4.74 Å². The molecule has 0 saturated carbocycles. The van der Waals surface area contributed by atoms with E-state index in [9.17, 15) is 0 Å². The Balaban J connectivity index is 1.41. The van der Waals surface area contributed by atoms with Crippen molar-refractivity contribution in [3.63, 3.8) is 0 Å². The van der Waals surface area contributed by atoms with Crippen LogP contribution in [0.3, 0.4) is 0 Å². The number of piperidine rings is 1. The minimum atomic E-state index is 0.289. The highest BCUT2D eigenvalue weighted by molar-refractivity contribution is 7.07. The molecule has 2 aromatic rings. The van der Waals surface area contributed by atoms with Gasteiger partial charge in [0.05, 0.1) is 25.1 Å². The van der Waals surface area contributed by atoms with Gasteiger partial charge in [-0.05, 0) is 60.5 Å². The van der Waals surface area contributed by atoms with Crippen LogP contribution >= 0.6 is 11.3 Å². The lowest BCUT2D eigenvalue weighted by Crippen LogP contribution is -2.47. The fourth-order valence-corrected chi connectivity index (χ4v) is 4.54. The Hall–Kier alpha value is -1.43. The van der Waals surface area contributed by atoms with Gasteiger partial charge in [-0.3, -0.25) is 9.88 Å². The van der Waals surface area contributed by atoms with Crippen LogP contribution in [0.5, 0.6) is 0 Å². The molecule has 128 valence electrons. The second-order valence-corrected chi connectivity index (χ2v) is 7.87. The number of hydrogen-bond donors (Lipinski definition) is 0. The Kier molecular flexibility index (Phi) is 4.83. The first-order chi connectivity index (χ1) is 11.8. The van der Waals surface area contributed by atoms with Crippen molar-refractivity contribution in [2.24, 2.45) is 5.41 Å². The number of anilines is 1. The van der Waals surface area contributed by atoms with Gasteiger partial charge in [-0.2, -0.15) is 11.3 Å². The van der Waals surface area contributed by atoms with Crippen LogP contribution in [0.1, 0.15) is 18.4 Å². The Labute approximate surface area is 148 Å². The normalized spacial score (nSPS) is 21.8. The van der Waals surface area contributed by atoms with E-state index in [0.717, 1.165) is 32.8 Å². The standard InChI is InChI=1S/C19H25N3OS/c1-2-18(12-20-6-1)22-9-10-23-16-19(15-22)4-7-21(8-5-19)13-17-3-11-24-14-17/h1-3,6,11-12,14H,4-5,7-10,13,15-16H2. The first-order valence-electron chi connectivity index (χ1n) is 8.79. The molecule has 24 heavy (non-hydrogen) atoms. The third-order valence-corrected chi connectivity index (χ3v) is 6.09. The Morgan fingerprint density at radius 3 is 2.88 bits per heavy atom. The van der Waals surface area contributed by atoms with Crippen LogP contribution in [0.15, 0.2) is 41.4 Å². The van der Waals surface area contributed by atoms with Gasteiger partial charge in [0.15, 0.2) is 0 Å². The van der Waals surface area contributed by atoms with Crippen LogP contribution in [0, 0.1) is 5.41 Å². The summed E-state index contributed by atoms with van der Waals surface area (Å²) in [6.45, 7) is 7.19. The highest BCUT2D eigenvalue weighted by atomic mass is 32.1. The Morgan fingerprint density at radius 1 is 1.21 bits per heavy atom. The lowest BCUT2D eigenvalue weighted by atomic mass is 9.78. The average Bonchev–Trinajstić information content (AvgIpc) is 3.05. The zero-order valence-corrected chi connectivity index (χ0v) is 14.9. The molecule has 0 N–H and O–H groups in total. The molecule has 0 aliphatic carbocycles. The first-order valence-corrected chi connectivity index (χ1v) is 9.74. The van der Waals surface area contributed by atoms with Crippen LogP contribution in [-0.2, 0) is 11.3 Å². The molecule has 0 amide bonds. The minimum Gasteiger partial charge on any atom is -0.379 e. The van der Waals surface area contributed by atoms with Gasteiger partial charge in [-0.15, -0.1) is 0 Å². The molecule has 0 bridgehead atoms. The number of thiophene rings is 1. The topological polar surface area (TPSA) is 28.6 Å².